The van der Waals surface area contributed by atoms with Gasteiger partial charge in [-0.3, -0.25) is 9.59 Å². The van der Waals surface area contributed by atoms with Gasteiger partial charge >= 0.3 is 5.97 Å². The van der Waals surface area contributed by atoms with Crippen LogP contribution in [0.15, 0.2) is 0 Å². The van der Waals surface area contributed by atoms with E-state index < -0.39 is 17.9 Å². The van der Waals surface area contributed by atoms with Gasteiger partial charge in [-0.05, 0) is 11.8 Å². The molecule has 0 bridgehead atoms. The number of nitrogens with two attached hydrogens (primary N) is 1. The highest BCUT2D eigenvalue weighted by Crippen LogP contribution is 2.17. The predicted octanol–water partition coefficient (Wildman–Crippen LogP) is 0.587. The van der Waals surface area contributed by atoms with Crippen LogP contribution in [0.25, 0.3) is 0 Å². The van der Waals surface area contributed by atoms with Crippen LogP contribution in [0.5, 0.6) is 0 Å². The fourth-order valence-electron chi connectivity index (χ4n) is 1.13. The molecule has 0 aromatic rings. The second-order valence-electron chi connectivity index (χ2n) is 5.03. The molecule has 0 aromatic heterocycles. The van der Waals surface area contributed by atoms with Crippen molar-refractivity contribution in [2.24, 2.45) is 17.1 Å². The average Bonchev–Trinajstić information content (AvgIpc) is 2.15. The Hall–Kier alpha value is -1.10. The Bertz CT molecular complexity index is 258. The van der Waals surface area contributed by atoms with Gasteiger partial charge in [0.05, 0.1) is 12.0 Å². The molecular formula is C11H22N2O3. The van der Waals surface area contributed by atoms with E-state index in [0.29, 0.717) is 6.42 Å². The van der Waals surface area contributed by atoms with Crippen molar-refractivity contribution in [2.75, 3.05) is 6.54 Å². The van der Waals surface area contributed by atoms with Crippen molar-refractivity contribution >= 4 is 11.9 Å². The minimum Gasteiger partial charge on any atom is -0.481 e. The van der Waals surface area contributed by atoms with E-state index in [1.807, 2.05) is 20.8 Å². The maximum atomic E-state index is 11.6. The lowest BCUT2D eigenvalue weighted by atomic mass is 9.87. The first-order valence-electron chi connectivity index (χ1n) is 5.46. The number of hydrogen-bond acceptors (Lipinski definition) is 3. The number of rotatable bonds is 5. The molecule has 4 N–H and O–H groups in total. The van der Waals surface area contributed by atoms with Crippen LogP contribution in [0, 0.1) is 11.3 Å². The lowest BCUT2D eigenvalue weighted by Crippen LogP contribution is -2.49. The molecule has 1 amide bonds. The van der Waals surface area contributed by atoms with Gasteiger partial charge in [0, 0.05) is 6.54 Å². The molecule has 0 aromatic carbocycles. The van der Waals surface area contributed by atoms with E-state index >= 15 is 0 Å². The Morgan fingerprint density at radius 3 is 2.19 bits per heavy atom. The van der Waals surface area contributed by atoms with E-state index in [2.05, 4.69) is 5.32 Å². The minimum absolute atomic E-state index is 0.133. The molecule has 0 heterocycles. The molecule has 2 atom stereocenters. The maximum absolute atomic E-state index is 11.6. The van der Waals surface area contributed by atoms with E-state index in [0.717, 1.165) is 0 Å². The van der Waals surface area contributed by atoms with Gasteiger partial charge in [0.25, 0.3) is 0 Å². The second-order valence-corrected chi connectivity index (χ2v) is 5.03. The van der Waals surface area contributed by atoms with E-state index in [1.54, 1.807) is 6.92 Å². The van der Waals surface area contributed by atoms with Gasteiger partial charge < -0.3 is 16.2 Å². The van der Waals surface area contributed by atoms with Crippen LogP contribution < -0.4 is 11.1 Å². The first-order chi connectivity index (χ1) is 7.20. The summed E-state index contributed by atoms with van der Waals surface area (Å²) in [6.45, 7) is 7.51. The molecule has 5 nitrogen and oxygen atoms in total. The Morgan fingerprint density at radius 2 is 1.88 bits per heavy atom. The first-order valence-corrected chi connectivity index (χ1v) is 5.46. The number of carboxylic acid groups (broad SMARTS) is 1. The average molecular weight is 230 g/mol. The van der Waals surface area contributed by atoms with Gasteiger partial charge in [-0.2, -0.15) is 0 Å². The molecule has 0 aliphatic heterocycles. The number of hydrogen-bond donors (Lipinski definition) is 3. The van der Waals surface area contributed by atoms with Crippen LogP contribution in [-0.4, -0.2) is 29.6 Å². The van der Waals surface area contributed by atoms with Gasteiger partial charge in [0.15, 0.2) is 0 Å². The number of nitrogens with one attached hydrogen (secondary N) is 1. The number of aliphatic carboxylic acids is 1. The van der Waals surface area contributed by atoms with E-state index in [4.69, 9.17) is 10.8 Å². The maximum Gasteiger partial charge on any atom is 0.308 e. The van der Waals surface area contributed by atoms with Crippen molar-refractivity contribution < 1.29 is 14.7 Å². The second kappa shape index (κ2) is 5.84. The van der Waals surface area contributed by atoms with Crippen molar-refractivity contribution in [3.63, 3.8) is 0 Å². The lowest BCUT2D eigenvalue weighted by molar-refractivity contribution is -0.141. The number of carboxylic acids is 1. The van der Waals surface area contributed by atoms with Gasteiger partial charge in [-0.15, -0.1) is 0 Å². The van der Waals surface area contributed by atoms with Gasteiger partial charge in [0.2, 0.25) is 5.91 Å². The Kier molecular flexibility index (Phi) is 5.44. The predicted molar refractivity (Wildman–Crippen MR) is 61.9 cm³/mol. The fraction of sp³-hybridized carbons (Fsp3) is 0.818. The molecule has 0 saturated heterocycles. The van der Waals surface area contributed by atoms with E-state index in [1.165, 1.54) is 0 Å². The normalized spacial score (nSPS) is 15.3. The third-order valence-electron chi connectivity index (χ3n) is 2.58. The van der Waals surface area contributed by atoms with E-state index in [-0.39, 0.29) is 17.9 Å². The van der Waals surface area contributed by atoms with Crippen LogP contribution in [-0.2, 0) is 9.59 Å². The molecule has 5 heteroatoms. The Labute approximate surface area is 96.4 Å². The molecule has 0 aliphatic carbocycles. The summed E-state index contributed by atoms with van der Waals surface area (Å²) in [4.78, 5) is 22.3. The van der Waals surface area contributed by atoms with Crippen LogP contribution in [0.2, 0.25) is 0 Å². The molecular weight excluding hydrogens is 208 g/mol. The highest BCUT2D eigenvalue weighted by Gasteiger charge is 2.28. The summed E-state index contributed by atoms with van der Waals surface area (Å²) >= 11 is 0. The van der Waals surface area contributed by atoms with Crippen LogP contribution >= 0.6 is 0 Å². The standard InChI is InChI=1S/C11H22N2O3/c1-5-7(10(15)16)6-13-9(14)8(12)11(2,3)4/h7-8H,5-6,12H2,1-4H3,(H,13,14)(H,15,16). The van der Waals surface area contributed by atoms with Gasteiger partial charge in [0.1, 0.15) is 0 Å². The molecule has 0 radical (unpaired) electrons. The van der Waals surface area contributed by atoms with Crippen LogP contribution in [0.4, 0.5) is 0 Å². The summed E-state index contributed by atoms with van der Waals surface area (Å²) in [6.07, 6.45) is 0.486. The van der Waals surface area contributed by atoms with Crippen LogP contribution in [0.3, 0.4) is 0 Å². The smallest absolute Gasteiger partial charge is 0.308 e. The quantitative estimate of drug-likeness (QED) is 0.644. The molecule has 0 fully saturated rings. The SMILES string of the molecule is CCC(CNC(=O)C(N)C(C)(C)C)C(=O)O. The Balaban J connectivity index is 4.22. The molecule has 0 aliphatic rings. The summed E-state index contributed by atoms with van der Waals surface area (Å²) in [5.74, 6) is -1.74. The summed E-state index contributed by atoms with van der Waals surface area (Å²) < 4.78 is 0. The largest absolute Gasteiger partial charge is 0.481 e. The van der Waals surface area contributed by atoms with Crippen LogP contribution in [0.1, 0.15) is 34.1 Å². The fourth-order valence-corrected chi connectivity index (χ4v) is 1.13. The molecule has 0 spiro atoms. The molecule has 94 valence electrons. The van der Waals surface area contributed by atoms with Crippen molar-refractivity contribution in [1.82, 2.24) is 5.32 Å². The van der Waals surface area contributed by atoms with Crippen molar-refractivity contribution in [3.8, 4) is 0 Å². The third kappa shape index (κ3) is 4.61. The van der Waals surface area contributed by atoms with Gasteiger partial charge in [-0.1, -0.05) is 27.7 Å². The monoisotopic (exact) mass is 230 g/mol. The molecule has 16 heavy (non-hydrogen) atoms. The lowest BCUT2D eigenvalue weighted by Gasteiger charge is -2.26. The van der Waals surface area contributed by atoms with Crippen molar-refractivity contribution in [1.29, 1.82) is 0 Å². The zero-order valence-electron chi connectivity index (χ0n) is 10.4. The van der Waals surface area contributed by atoms with Crippen molar-refractivity contribution in [2.45, 2.75) is 40.2 Å². The summed E-state index contributed by atoms with van der Waals surface area (Å²) in [5.41, 5.74) is 5.41. The molecule has 0 saturated carbocycles. The summed E-state index contributed by atoms with van der Waals surface area (Å²) in [6, 6.07) is -0.626. The third-order valence-corrected chi connectivity index (χ3v) is 2.58. The van der Waals surface area contributed by atoms with Crippen molar-refractivity contribution in [3.05, 3.63) is 0 Å². The summed E-state index contributed by atoms with van der Waals surface area (Å²) in [7, 11) is 0. The van der Waals surface area contributed by atoms with Gasteiger partial charge in [-0.25, -0.2) is 0 Å². The van der Waals surface area contributed by atoms with E-state index in [9.17, 15) is 9.59 Å². The Morgan fingerprint density at radius 1 is 1.38 bits per heavy atom. The highest BCUT2D eigenvalue weighted by atomic mass is 16.4. The summed E-state index contributed by atoms with van der Waals surface area (Å²) in [5, 5.41) is 11.4. The number of carbonyl (C=O) groups is 2. The zero-order chi connectivity index (χ0) is 12.9. The number of carbonyl (C=O) groups excluding carboxylic acids is 1. The highest BCUT2D eigenvalue weighted by molar-refractivity contribution is 5.82. The topological polar surface area (TPSA) is 92.4 Å². The zero-order valence-corrected chi connectivity index (χ0v) is 10.4. The molecule has 2 unspecified atom stereocenters. The molecule has 0 rings (SSSR count). The number of amides is 1. The first kappa shape index (κ1) is 14.9. The minimum atomic E-state index is -0.896.